The first-order valence-electron chi connectivity index (χ1n) is 5.91. The number of aromatic nitrogens is 2. The summed E-state index contributed by atoms with van der Waals surface area (Å²) in [4.78, 5) is 20.5. The van der Waals surface area contributed by atoms with Gasteiger partial charge >= 0.3 is 0 Å². The molecule has 0 saturated carbocycles. The summed E-state index contributed by atoms with van der Waals surface area (Å²) in [6, 6.07) is 3.51. The molecule has 0 atom stereocenters. The molecule has 0 aromatic carbocycles. The number of carbonyl (C=O) groups excluding carboxylic acids is 1. The Morgan fingerprint density at radius 1 is 1.37 bits per heavy atom. The number of halogens is 1. The van der Waals surface area contributed by atoms with Crippen LogP contribution in [0, 0.1) is 13.8 Å². The van der Waals surface area contributed by atoms with Crippen molar-refractivity contribution >= 4 is 27.7 Å². The van der Waals surface area contributed by atoms with Gasteiger partial charge in [-0.15, -0.1) is 0 Å². The van der Waals surface area contributed by atoms with Crippen LogP contribution in [0.3, 0.4) is 0 Å². The van der Waals surface area contributed by atoms with Crippen LogP contribution in [0.1, 0.15) is 34.6 Å². The molecule has 2 aromatic rings. The average Bonchev–Trinajstić information content (AvgIpc) is 2.67. The first kappa shape index (κ1) is 13.7. The van der Waals surface area contributed by atoms with Gasteiger partial charge in [-0.1, -0.05) is 6.92 Å². The van der Waals surface area contributed by atoms with E-state index in [0.717, 1.165) is 17.7 Å². The normalized spacial score (nSPS) is 10.5. The summed E-state index contributed by atoms with van der Waals surface area (Å²) in [5, 5.41) is 2.72. The van der Waals surface area contributed by atoms with Gasteiger partial charge in [0.15, 0.2) is 10.4 Å². The third kappa shape index (κ3) is 3.20. The summed E-state index contributed by atoms with van der Waals surface area (Å²) in [7, 11) is 0. The Morgan fingerprint density at radius 3 is 2.68 bits per heavy atom. The predicted molar refractivity (Wildman–Crippen MR) is 75.2 cm³/mol. The zero-order chi connectivity index (χ0) is 14.0. The Hall–Kier alpha value is -1.69. The third-order valence-corrected chi connectivity index (χ3v) is 2.98. The lowest BCUT2D eigenvalue weighted by Gasteiger charge is -2.06. The van der Waals surface area contributed by atoms with Gasteiger partial charge in [-0.25, -0.2) is 9.97 Å². The monoisotopic (exact) mass is 323 g/mol. The zero-order valence-electron chi connectivity index (χ0n) is 11.0. The van der Waals surface area contributed by atoms with Crippen molar-refractivity contribution in [1.82, 2.24) is 9.97 Å². The number of hydrogen-bond donors (Lipinski definition) is 1. The number of amides is 1. The van der Waals surface area contributed by atoms with Crippen molar-refractivity contribution in [1.29, 1.82) is 0 Å². The maximum atomic E-state index is 12.1. The highest BCUT2D eigenvalue weighted by Gasteiger charge is 2.16. The number of anilines is 1. The van der Waals surface area contributed by atoms with E-state index in [-0.39, 0.29) is 11.7 Å². The van der Waals surface area contributed by atoms with Crippen molar-refractivity contribution in [2.75, 3.05) is 5.32 Å². The van der Waals surface area contributed by atoms with Gasteiger partial charge in [0, 0.05) is 17.3 Å². The Balaban J connectivity index is 2.23. The molecule has 1 N–H and O–H groups in total. The van der Waals surface area contributed by atoms with E-state index in [1.54, 1.807) is 19.1 Å². The summed E-state index contributed by atoms with van der Waals surface area (Å²) in [6.45, 7) is 5.61. The number of aryl methyl sites for hydroxylation is 3. The van der Waals surface area contributed by atoms with Crippen LogP contribution in [-0.2, 0) is 6.42 Å². The molecule has 0 aliphatic heterocycles. The van der Waals surface area contributed by atoms with Crippen LogP contribution in [0.5, 0.6) is 0 Å². The first-order chi connectivity index (χ1) is 8.99. The SMILES string of the molecule is CCc1cc(NC(=O)c2oc(Br)cc2C)nc(C)n1. The molecule has 2 aromatic heterocycles. The smallest absolute Gasteiger partial charge is 0.292 e. The lowest BCUT2D eigenvalue weighted by molar-refractivity contribution is 0.0994. The van der Waals surface area contributed by atoms with Gasteiger partial charge in [-0.05, 0) is 42.3 Å². The lowest BCUT2D eigenvalue weighted by atomic mass is 10.2. The molecule has 19 heavy (non-hydrogen) atoms. The molecule has 2 heterocycles. The van der Waals surface area contributed by atoms with Gasteiger partial charge in [0.05, 0.1) is 0 Å². The topological polar surface area (TPSA) is 68.0 Å². The molecule has 100 valence electrons. The summed E-state index contributed by atoms with van der Waals surface area (Å²) < 4.78 is 5.83. The molecule has 0 aliphatic rings. The maximum Gasteiger partial charge on any atom is 0.292 e. The molecule has 0 aliphatic carbocycles. The van der Waals surface area contributed by atoms with Crippen LogP contribution >= 0.6 is 15.9 Å². The Labute approximate surface area is 119 Å². The highest BCUT2D eigenvalue weighted by atomic mass is 79.9. The largest absolute Gasteiger partial charge is 0.444 e. The molecule has 0 bridgehead atoms. The molecule has 5 nitrogen and oxygen atoms in total. The molecule has 2 rings (SSSR count). The second-order valence-corrected chi connectivity index (χ2v) is 4.94. The average molecular weight is 324 g/mol. The number of furan rings is 1. The van der Waals surface area contributed by atoms with Crippen LogP contribution in [0.2, 0.25) is 0 Å². The maximum absolute atomic E-state index is 12.1. The fraction of sp³-hybridized carbons (Fsp3) is 0.308. The van der Waals surface area contributed by atoms with Crippen molar-refractivity contribution in [2.45, 2.75) is 27.2 Å². The van der Waals surface area contributed by atoms with Crippen LogP contribution in [0.4, 0.5) is 5.82 Å². The van der Waals surface area contributed by atoms with E-state index in [2.05, 4.69) is 31.2 Å². The quantitative estimate of drug-likeness (QED) is 0.941. The Kier molecular flexibility index (Phi) is 3.99. The van der Waals surface area contributed by atoms with E-state index in [0.29, 0.717) is 16.3 Å². The van der Waals surface area contributed by atoms with Crippen molar-refractivity contribution in [3.8, 4) is 0 Å². The van der Waals surface area contributed by atoms with E-state index >= 15 is 0 Å². The fourth-order valence-corrected chi connectivity index (χ4v) is 2.22. The van der Waals surface area contributed by atoms with Crippen molar-refractivity contribution in [3.05, 3.63) is 39.6 Å². The summed E-state index contributed by atoms with van der Waals surface area (Å²) in [5.41, 5.74) is 1.66. The van der Waals surface area contributed by atoms with E-state index in [4.69, 9.17) is 4.42 Å². The molecule has 0 fully saturated rings. The predicted octanol–water partition coefficient (Wildman–Crippen LogP) is 3.26. The first-order valence-corrected chi connectivity index (χ1v) is 6.70. The van der Waals surface area contributed by atoms with Gasteiger partial charge in [0.2, 0.25) is 0 Å². The Bertz CT molecular complexity index is 622. The molecule has 0 unspecified atom stereocenters. The highest BCUT2D eigenvalue weighted by molar-refractivity contribution is 9.10. The molecule has 0 radical (unpaired) electrons. The van der Waals surface area contributed by atoms with Crippen LogP contribution < -0.4 is 5.32 Å². The Morgan fingerprint density at radius 2 is 2.11 bits per heavy atom. The molecule has 1 amide bonds. The van der Waals surface area contributed by atoms with E-state index in [1.807, 2.05) is 13.8 Å². The fourth-order valence-electron chi connectivity index (χ4n) is 1.72. The van der Waals surface area contributed by atoms with Crippen molar-refractivity contribution in [2.24, 2.45) is 0 Å². The highest BCUT2D eigenvalue weighted by Crippen LogP contribution is 2.20. The van der Waals surface area contributed by atoms with Crippen molar-refractivity contribution in [3.63, 3.8) is 0 Å². The van der Waals surface area contributed by atoms with Gasteiger partial charge in [-0.2, -0.15) is 0 Å². The molecule has 6 heteroatoms. The van der Waals surface area contributed by atoms with Gasteiger partial charge in [0.1, 0.15) is 11.6 Å². The minimum atomic E-state index is -0.316. The van der Waals surface area contributed by atoms with E-state index in [1.165, 1.54) is 0 Å². The lowest BCUT2D eigenvalue weighted by Crippen LogP contribution is -2.14. The second kappa shape index (κ2) is 5.52. The molecule has 0 saturated heterocycles. The number of carbonyl (C=O) groups is 1. The second-order valence-electron chi connectivity index (χ2n) is 4.16. The van der Waals surface area contributed by atoms with Gasteiger partial charge < -0.3 is 9.73 Å². The van der Waals surface area contributed by atoms with Crippen LogP contribution in [0.15, 0.2) is 21.2 Å². The van der Waals surface area contributed by atoms with Gasteiger partial charge in [-0.3, -0.25) is 4.79 Å². The summed E-state index contributed by atoms with van der Waals surface area (Å²) in [6.07, 6.45) is 0.789. The zero-order valence-corrected chi connectivity index (χ0v) is 12.5. The van der Waals surface area contributed by atoms with Crippen LogP contribution in [-0.4, -0.2) is 15.9 Å². The van der Waals surface area contributed by atoms with Crippen molar-refractivity contribution < 1.29 is 9.21 Å². The molecular formula is C13H14BrN3O2. The molecule has 0 spiro atoms. The van der Waals surface area contributed by atoms with E-state index in [9.17, 15) is 4.79 Å². The standard InChI is InChI=1S/C13H14BrN3O2/c1-4-9-6-11(16-8(3)15-9)17-13(18)12-7(2)5-10(14)19-12/h5-6H,4H2,1-3H3,(H,15,16,17,18). The molecular weight excluding hydrogens is 310 g/mol. The van der Waals surface area contributed by atoms with Gasteiger partial charge in [0.25, 0.3) is 5.91 Å². The number of nitrogens with zero attached hydrogens (tertiary/aromatic N) is 2. The number of nitrogens with one attached hydrogen (secondary N) is 1. The minimum Gasteiger partial charge on any atom is -0.444 e. The summed E-state index contributed by atoms with van der Waals surface area (Å²) >= 11 is 3.20. The van der Waals surface area contributed by atoms with Crippen LogP contribution in [0.25, 0.3) is 0 Å². The minimum absolute atomic E-state index is 0.279. The summed E-state index contributed by atoms with van der Waals surface area (Å²) in [5.74, 6) is 1.08. The third-order valence-electron chi connectivity index (χ3n) is 2.59. The number of hydrogen-bond acceptors (Lipinski definition) is 4. The number of rotatable bonds is 3. The van der Waals surface area contributed by atoms with E-state index < -0.39 is 0 Å².